The van der Waals surface area contributed by atoms with E-state index in [2.05, 4.69) is 22.5 Å². The topological polar surface area (TPSA) is 68.4 Å². The van der Waals surface area contributed by atoms with Crippen LogP contribution in [0.5, 0.6) is 0 Å². The van der Waals surface area contributed by atoms with Crippen LogP contribution in [0.25, 0.3) is 15.7 Å². The number of aromatic nitrogens is 3. The number of carbonyl (C=O) groups is 1. The van der Waals surface area contributed by atoms with Crippen molar-refractivity contribution in [1.82, 2.24) is 19.5 Å². The molecule has 0 saturated heterocycles. The van der Waals surface area contributed by atoms with E-state index in [0.29, 0.717) is 17.8 Å². The van der Waals surface area contributed by atoms with Gasteiger partial charge in [-0.1, -0.05) is 37.3 Å². The Morgan fingerprint density at radius 2 is 1.97 bits per heavy atom. The van der Waals surface area contributed by atoms with Crippen LogP contribution in [0.4, 0.5) is 0 Å². The molecule has 3 heterocycles. The van der Waals surface area contributed by atoms with Crippen LogP contribution in [0.1, 0.15) is 44.1 Å². The molecule has 1 N–H and O–H groups in total. The number of amides is 1. The lowest BCUT2D eigenvalue weighted by Gasteiger charge is -2.21. The standard InChI is InChI=1S/C23H26N4O2S/c1-4-18(22(28)24-15(2)10-11-17-8-6-5-7-9-17)27-23(29)20-14-21-19(12-13-30-21)26(20)16(3)25-27/h5-9,12-15,18H,4,10-11H2,1-3H3,(H,24,28)/t15-,18-/m1/s1. The van der Waals surface area contributed by atoms with Crippen molar-refractivity contribution in [1.29, 1.82) is 0 Å². The fourth-order valence-electron chi connectivity index (χ4n) is 3.91. The molecular weight excluding hydrogens is 396 g/mol. The molecule has 2 atom stereocenters. The number of hydrogen-bond donors (Lipinski definition) is 1. The molecule has 0 unspecified atom stereocenters. The van der Waals surface area contributed by atoms with Gasteiger partial charge in [-0.25, -0.2) is 4.68 Å². The maximum Gasteiger partial charge on any atom is 0.291 e. The number of fused-ring (bicyclic) bond motifs is 3. The van der Waals surface area contributed by atoms with E-state index in [1.807, 2.05) is 60.9 Å². The van der Waals surface area contributed by atoms with Gasteiger partial charge in [0, 0.05) is 6.04 Å². The summed E-state index contributed by atoms with van der Waals surface area (Å²) < 4.78 is 4.27. The minimum absolute atomic E-state index is 0.00549. The van der Waals surface area contributed by atoms with Gasteiger partial charge in [0.1, 0.15) is 17.4 Å². The van der Waals surface area contributed by atoms with E-state index < -0.39 is 6.04 Å². The van der Waals surface area contributed by atoms with Gasteiger partial charge in [0.05, 0.1) is 10.2 Å². The van der Waals surface area contributed by atoms with Crippen LogP contribution < -0.4 is 10.9 Å². The lowest BCUT2D eigenvalue weighted by molar-refractivity contribution is -0.125. The van der Waals surface area contributed by atoms with Crippen molar-refractivity contribution in [2.45, 2.75) is 52.1 Å². The van der Waals surface area contributed by atoms with Crippen molar-refractivity contribution in [2.24, 2.45) is 0 Å². The van der Waals surface area contributed by atoms with E-state index in [0.717, 1.165) is 23.1 Å². The van der Waals surface area contributed by atoms with Crippen LogP contribution in [0.2, 0.25) is 0 Å². The highest BCUT2D eigenvalue weighted by atomic mass is 32.1. The lowest BCUT2D eigenvalue weighted by Crippen LogP contribution is -2.42. The molecule has 1 aromatic carbocycles. The lowest BCUT2D eigenvalue weighted by atomic mass is 10.1. The van der Waals surface area contributed by atoms with E-state index in [9.17, 15) is 9.59 Å². The third-order valence-electron chi connectivity index (χ3n) is 5.51. The molecule has 0 aliphatic rings. The number of rotatable bonds is 7. The fourth-order valence-corrected chi connectivity index (χ4v) is 4.72. The van der Waals surface area contributed by atoms with Crippen molar-refractivity contribution >= 4 is 33.0 Å². The number of nitrogens with zero attached hydrogens (tertiary/aromatic N) is 3. The van der Waals surface area contributed by atoms with Gasteiger partial charge in [-0.15, -0.1) is 11.3 Å². The Labute approximate surface area is 179 Å². The third-order valence-corrected chi connectivity index (χ3v) is 6.36. The van der Waals surface area contributed by atoms with Crippen molar-refractivity contribution in [3.05, 3.63) is 69.6 Å². The zero-order chi connectivity index (χ0) is 21.3. The molecule has 4 aromatic rings. The van der Waals surface area contributed by atoms with Crippen molar-refractivity contribution < 1.29 is 4.79 Å². The first-order chi connectivity index (χ1) is 14.5. The van der Waals surface area contributed by atoms with Gasteiger partial charge in [0.25, 0.3) is 5.56 Å². The molecule has 0 spiro atoms. The highest BCUT2D eigenvalue weighted by molar-refractivity contribution is 7.17. The van der Waals surface area contributed by atoms with E-state index in [-0.39, 0.29) is 17.5 Å². The molecule has 0 aliphatic heterocycles. The largest absolute Gasteiger partial charge is 0.352 e. The predicted molar refractivity (Wildman–Crippen MR) is 121 cm³/mol. The summed E-state index contributed by atoms with van der Waals surface area (Å²) in [5, 5.41) is 9.58. The number of aryl methyl sites for hydroxylation is 2. The molecule has 4 rings (SSSR count). The molecule has 0 bridgehead atoms. The van der Waals surface area contributed by atoms with Crippen molar-refractivity contribution in [3.63, 3.8) is 0 Å². The van der Waals surface area contributed by atoms with E-state index >= 15 is 0 Å². The van der Waals surface area contributed by atoms with Gasteiger partial charge < -0.3 is 5.32 Å². The number of carbonyl (C=O) groups excluding carboxylic acids is 1. The van der Waals surface area contributed by atoms with Crippen molar-refractivity contribution in [3.8, 4) is 0 Å². The molecule has 6 nitrogen and oxygen atoms in total. The second-order valence-corrected chi connectivity index (χ2v) is 8.64. The quantitative estimate of drug-likeness (QED) is 0.487. The molecule has 0 saturated carbocycles. The fraction of sp³-hybridized carbons (Fsp3) is 0.348. The van der Waals surface area contributed by atoms with E-state index in [1.165, 1.54) is 10.2 Å². The Balaban J connectivity index is 1.55. The smallest absolute Gasteiger partial charge is 0.291 e. The Morgan fingerprint density at radius 3 is 2.70 bits per heavy atom. The Hall–Kier alpha value is -2.93. The van der Waals surface area contributed by atoms with E-state index in [1.54, 1.807) is 11.3 Å². The summed E-state index contributed by atoms with van der Waals surface area (Å²) in [5.74, 6) is 0.533. The summed E-state index contributed by atoms with van der Waals surface area (Å²) in [6.07, 6.45) is 2.22. The minimum atomic E-state index is -0.631. The molecule has 0 fully saturated rings. The van der Waals surface area contributed by atoms with Crippen LogP contribution in [-0.2, 0) is 11.2 Å². The Morgan fingerprint density at radius 1 is 1.20 bits per heavy atom. The van der Waals surface area contributed by atoms with Gasteiger partial charge in [-0.2, -0.15) is 5.10 Å². The van der Waals surface area contributed by atoms with Gasteiger partial charge in [0.2, 0.25) is 5.91 Å². The highest BCUT2D eigenvalue weighted by Gasteiger charge is 2.24. The minimum Gasteiger partial charge on any atom is -0.352 e. The van der Waals surface area contributed by atoms with Gasteiger partial charge in [-0.3, -0.25) is 14.0 Å². The summed E-state index contributed by atoms with van der Waals surface area (Å²) in [6.45, 7) is 5.77. The highest BCUT2D eigenvalue weighted by Crippen LogP contribution is 2.25. The summed E-state index contributed by atoms with van der Waals surface area (Å²) in [6, 6.07) is 13.5. The first kappa shape index (κ1) is 20.3. The van der Waals surface area contributed by atoms with Crippen molar-refractivity contribution in [2.75, 3.05) is 0 Å². The van der Waals surface area contributed by atoms with Gasteiger partial charge >= 0.3 is 0 Å². The first-order valence-electron chi connectivity index (χ1n) is 10.3. The molecular formula is C23H26N4O2S. The summed E-state index contributed by atoms with van der Waals surface area (Å²) in [4.78, 5) is 26.2. The molecule has 0 radical (unpaired) electrons. The van der Waals surface area contributed by atoms with Crippen LogP contribution in [-0.4, -0.2) is 26.1 Å². The normalized spacial score (nSPS) is 13.6. The molecule has 30 heavy (non-hydrogen) atoms. The average Bonchev–Trinajstić information content (AvgIpc) is 3.33. The maximum absolute atomic E-state index is 13.2. The summed E-state index contributed by atoms with van der Waals surface area (Å²) in [5.41, 5.74) is 2.56. The van der Waals surface area contributed by atoms with Gasteiger partial charge in [0.15, 0.2) is 0 Å². The second-order valence-electron chi connectivity index (χ2n) is 7.69. The monoisotopic (exact) mass is 422 g/mol. The molecule has 0 aliphatic carbocycles. The second kappa shape index (κ2) is 8.44. The van der Waals surface area contributed by atoms with E-state index in [4.69, 9.17) is 0 Å². The third kappa shape index (κ3) is 3.77. The number of nitrogens with one attached hydrogen (secondary N) is 1. The zero-order valence-electron chi connectivity index (χ0n) is 17.5. The molecule has 156 valence electrons. The predicted octanol–water partition coefficient (Wildman–Crippen LogP) is 4.11. The SMILES string of the molecule is CC[C@H](C(=O)N[C@H](C)CCc1ccccc1)n1nc(C)n2c(cc3sccc32)c1=O. The Bertz CT molecular complexity index is 1240. The molecule has 1 amide bonds. The van der Waals surface area contributed by atoms with Gasteiger partial charge in [-0.05, 0) is 56.2 Å². The number of thiophene rings is 1. The molecule has 7 heteroatoms. The Kier molecular flexibility index (Phi) is 5.72. The van der Waals surface area contributed by atoms with Crippen LogP contribution in [0, 0.1) is 6.92 Å². The summed E-state index contributed by atoms with van der Waals surface area (Å²) >= 11 is 1.59. The van der Waals surface area contributed by atoms with Crippen LogP contribution >= 0.6 is 11.3 Å². The first-order valence-corrected chi connectivity index (χ1v) is 11.2. The zero-order valence-corrected chi connectivity index (χ0v) is 18.3. The average molecular weight is 423 g/mol. The number of hydrogen-bond acceptors (Lipinski definition) is 4. The summed E-state index contributed by atoms with van der Waals surface area (Å²) in [7, 11) is 0. The maximum atomic E-state index is 13.2. The number of benzene rings is 1. The van der Waals surface area contributed by atoms with Crippen LogP contribution in [0.3, 0.4) is 0 Å². The molecule has 3 aromatic heterocycles. The van der Waals surface area contributed by atoms with Crippen LogP contribution in [0.15, 0.2) is 52.6 Å².